The Morgan fingerprint density at radius 3 is 1.20 bits per heavy atom. The van der Waals surface area contributed by atoms with E-state index < -0.39 is 152 Å². The lowest BCUT2D eigenvalue weighted by molar-refractivity contribution is -0.130. The lowest BCUT2D eigenvalue weighted by atomic mass is 9.83. The Morgan fingerprint density at radius 1 is 0.438 bits per heavy atom. The van der Waals surface area contributed by atoms with E-state index in [9.17, 15) is 69.9 Å². The molecule has 8 atom stereocenters. The molecular weight excluding hydrogens is 1480 g/mol. The van der Waals surface area contributed by atoms with E-state index in [0.717, 1.165) is 66.9 Å². The summed E-state index contributed by atoms with van der Waals surface area (Å²) in [6, 6.07) is 43.9. The molecule has 32 heteroatoms. The van der Waals surface area contributed by atoms with E-state index in [1.807, 2.05) is 121 Å². The van der Waals surface area contributed by atoms with E-state index in [1.165, 1.54) is 20.9 Å². The second-order valence-electron chi connectivity index (χ2n) is 27.2. The number of ketones is 2. The maximum absolute atomic E-state index is 14.1. The molecule has 1 saturated carbocycles. The number of hydrogen-bond acceptors (Lipinski definition) is 20. The highest BCUT2D eigenvalue weighted by Crippen LogP contribution is 2.28. The van der Waals surface area contributed by atoms with Crippen LogP contribution in [-0.4, -0.2) is 180 Å². The molecule has 8 unspecified atom stereocenters. The summed E-state index contributed by atoms with van der Waals surface area (Å²) in [5, 5.41) is 49.9. The van der Waals surface area contributed by atoms with Crippen molar-refractivity contribution >= 4 is 90.2 Å². The van der Waals surface area contributed by atoms with Crippen molar-refractivity contribution < 1.29 is 69.9 Å². The molecule has 6 aromatic rings. The SMILES string of the molecule is CCCC(NC(=O)C(CS(C)(=O)=O)NC(=O)C(NC)C1CCCCC1)/C(=N\NC(=O)NC(c1ccccc1)c1ccccc1)C(O)NCC(=O)NC(C(C)=O)c1ccccc1.CCCC(NC(=O)C(CS(C)(=O)=O)NC)/C(=N\NC(=O)NC(c1ccccc1)c1ccccc1)C(=O)NCC(=O)NC(C(C)=O)c1ccccc1. The number of sulfone groups is 2. The monoisotopic (exact) mass is 1580 g/mol. The number of Topliss-reactive ketones (excluding diaryl/α,β-unsaturated/α-hetero) is 2. The fraction of sp³-hybridized carbons (Fsp3) is 0.400. The van der Waals surface area contributed by atoms with Gasteiger partial charge in [0.15, 0.2) is 11.6 Å². The molecule has 602 valence electrons. The number of nitrogens with one attached hydrogen (secondary N) is 13. The van der Waals surface area contributed by atoms with E-state index in [2.05, 4.69) is 79.5 Å². The first-order valence-electron chi connectivity index (χ1n) is 37.0. The van der Waals surface area contributed by atoms with Crippen molar-refractivity contribution in [3.05, 3.63) is 215 Å². The third-order valence-corrected chi connectivity index (χ3v) is 20.0. The van der Waals surface area contributed by atoms with Crippen LogP contribution in [0, 0.1) is 5.92 Å². The summed E-state index contributed by atoms with van der Waals surface area (Å²) in [6.45, 7) is 5.19. The molecule has 1 fully saturated rings. The molecule has 10 amide bonds. The molecule has 0 aromatic heterocycles. The number of likely N-dealkylation sites (N-methyl/N-ethyl adjacent to an activating group) is 2. The number of benzene rings is 6. The minimum atomic E-state index is -3.81. The average Bonchev–Trinajstić information content (AvgIpc) is 0.843. The van der Waals surface area contributed by atoms with E-state index in [4.69, 9.17) is 0 Å². The van der Waals surface area contributed by atoms with Crippen LogP contribution in [0.3, 0.4) is 0 Å². The molecule has 0 saturated heterocycles. The van der Waals surface area contributed by atoms with E-state index >= 15 is 0 Å². The maximum Gasteiger partial charge on any atom is 0.335 e. The van der Waals surface area contributed by atoms with Gasteiger partial charge >= 0.3 is 12.1 Å². The molecule has 30 nitrogen and oxygen atoms in total. The first-order chi connectivity index (χ1) is 53.5. The van der Waals surface area contributed by atoms with Gasteiger partial charge in [0.1, 0.15) is 61.5 Å². The molecule has 0 spiro atoms. The van der Waals surface area contributed by atoms with Crippen molar-refractivity contribution in [2.24, 2.45) is 16.1 Å². The third-order valence-electron chi connectivity index (χ3n) is 18.1. The minimum Gasteiger partial charge on any atom is -0.373 e. The molecule has 0 aliphatic heterocycles. The van der Waals surface area contributed by atoms with Crippen molar-refractivity contribution in [2.75, 3.05) is 51.2 Å². The number of rotatable bonds is 40. The van der Waals surface area contributed by atoms with Crippen LogP contribution in [-0.2, 0) is 58.0 Å². The Kier molecular flexibility index (Phi) is 37.0. The molecule has 0 heterocycles. The lowest BCUT2D eigenvalue weighted by Crippen LogP contribution is -2.59. The maximum atomic E-state index is 14.1. The molecule has 112 heavy (non-hydrogen) atoms. The van der Waals surface area contributed by atoms with Crippen LogP contribution in [0.5, 0.6) is 0 Å². The van der Waals surface area contributed by atoms with Gasteiger partial charge in [0.2, 0.25) is 29.5 Å². The zero-order valence-corrected chi connectivity index (χ0v) is 65.9. The molecular formula is C80H105N15O15S2. The van der Waals surface area contributed by atoms with Gasteiger partial charge in [-0.1, -0.05) is 228 Å². The summed E-state index contributed by atoms with van der Waals surface area (Å²) in [7, 11) is -4.30. The Balaban J connectivity index is 0.000000355. The number of hydrogen-bond donors (Lipinski definition) is 14. The van der Waals surface area contributed by atoms with Crippen LogP contribution in [0.4, 0.5) is 9.59 Å². The highest BCUT2D eigenvalue weighted by atomic mass is 32.2. The normalized spacial score (nSPS) is 14.8. The van der Waals surface area contributed by atoms with Gasteiger partial charge in [0, 0.05) is 12.5 Å². The molecule has 14 N–H and O–H groups in total. The van der Waals surface area contributed by atoms with Crippen molar-refractivity contribution in [1.82, 2.24) is 69.3 Å². The summed E-state index contributed by atoms with van der Waals surface area (Å²) in [5.74, 6) is -6.16. The van der Waals surface area contributed by atoms with Crippen LogP contribution < -0.4 is 69.3 Å². The van der Waals surface area contributed by atoms with Crippen molar-refractivity contribution in [3.8, 4) is 0 Å². The van der Waals surface area contributed by atoms with Crippen molar-refractivity contribution in [1.29, 1.82) is 0 Å². The molecule has 1 aliphatic carbocycles. The minimum absolute atomic E-state index is 0.00436. The first-order valence-corrected chi connectivity index (χ1v) is 41.1. The largest absolute Gasteiger partial charge is 0.373 e. The van der Waals surface area contributed by atoms with E-state index in [1.54, 1.807) is 81.6 Å². The summed E-state index contributed by atoms with van der Waals surface area (Å²) >= 11 is 0. The summed E-state index contributed by atoms with van der Waals surface area (Å²) in [4.78, 5) is 132. The van der Waals surface area contributed by atoms with E-state index in [0.29, 0.717) is 24.0 Å². The van der Waals surface area contributed by atoms with Crippen molar-refractivity contribution in [2.45, 2.75) is 146 Å². The van der Waals surface area contributed by atoms with Gasteiger partial charge in [-0.25, -0.2) is 37.3 Å². The van der Waals surface area contributed by atoms with Crippen LogP contribution >= 0.6 is 0 Å². The molecule has 1 aliphatic rings. The summed E-state index contributed by atoms with van der Waals surface area (Å²) in [5.41, 5.74) is 8.46. The molecule has 0 radical (unpaired) electrons. The second kappa shape index (κ2) is 46.1. The second-order valence-corrected chi connectivity index (χ2v) is 31.5. The fourth-order valence-electron chi connectivity index (χ4n) is 12.7. The van der Waals surface area contributed by atoms with Gasteiger partial charge in [-0.3, -0.25) is 43.7 Å². The summed E-state index contributed by atoms with van der Waals surface area (Å²) in [6.07, 6.45) is 5.94. The van der Waals surface area contributed by atoms with Gasteiger partial charge in [0.25, 0.3) is 5.91 Å². The van der Waals surface area contributed by atoms with Gasteiger partial charge in [-0.05, 0) is 92.9 Å². The van der Waals surface area contributed by atoms with Crippen LogP contribution in [0.15, 0.2) is 192 Å². The van der Waals surface area contributed by atoms with Crippen LogP contribution in [0.25, 0.3) is 0 Å². The quantitative estimate of drug-likeness (QED) is 0.0141. The Bertz CT molecular complexity index is 4280. The first kappa shape index (κ1) is 90.0. The number of carbonyl (C=O) groups excluding carboxylic acids is 10. The summed E-state index contributed by atoms with van der Waals surface area (Å²) < 4.78 is 49.2. The Morgan fingerprint density at radius 2 is 0.804 bits per heavy atom. The predicted molar refractivity (Wildman–Crippen MR) is 428 cm³/mol. The zero-order chi connectivity index (χ0) is 81.8. The standard InChI is InChI=1S/C44H60N8O8S.C36H45N7O7S/c1-5-18-34(47-41(55)35(28-61(4,59)60)48-43(57)39(45-3)33-25-16-9-17-26-33)40(42(56)46-27-36(54)49-37(29(2)53)30-19-10-6-11-20-30)51-52-44(58)50-38(31-21-12-7-13-22-31)32-23-14-8-15-24-32;1-5-15-28(39-34(46)29(37-3)23-51(4,49)50)33(35(47)38-22-30(45)40-31(24(2)44)25-16-9-6-10-17-25)42-43-36(48)41-32(26-18-11-7-12-19-26)27-20-13-8-14-21-27/h6-8,10-15,19-24,33-35,37-39,42,45-46,56H,5,9,16-18,25-28H2,1-4H3,(H,47,55)(H,48,57)(H,49,54)(H2,50,52,58);6-14,16-21,28-29,31-32,37H,5,15,22-23H2,1-4H3,(H,38,47)(H,39,46)(H,40,45)(H2,41,43,48)/b51-40+;42-33+. The smallest absolute Gasteiger partial charge is 0.335 e. The average molecular weight is 1580 g/mol. The number of urea groups is 2. The number of amides is 10. The highest BCUT2D eigenvalue weighted by molar-refractivity contribution is 7.91. The number of aliphatic hydroxyl groups excluding tert-OH is 1. The molecule has 6 aromatic carbocycles. The van der Waals surface area contributed by atoms with Gasteiger partial charge in [0.05, 0.1) is 54.8 Å². The highest BCUT2D eigenvalue weighted by Gasteiger charge is 2.36. The van der Waals surface area contributed by atoms with Crippen LogP contribution in [0.1, 0.15) is 143 Å². The predicted octanol–water partition coefficient (Wildman–Crippen LogP) is 4.68. The van der Waals surface area contributed by atoms with Crippen LogP contribution in [0.2, 0.25) is 0 Å². The van der Waals surface area contributed by atoms with Crippen molar-refractivity contribution in [3.63, 3.8) is 0 Å². The van der Waals surface area contributed by atoms with Gasteiger partial charge < -0.3 is 58.3 Å². The van der Waals surface area contributed by atoms with E-state index in [-0.39, 0.29) is 41.7 Å². The zero-order valence-electron chi connectivity index (χ0n) is 64.2. The number of aliphatic hydroxyl groups is 1. The topological polar surface area (TPSA) is 440 Å². The Hall–Kier alpha value is -10.9. The van der Waals surface area contributed by atoms with Gasteiger partial charge in [-0.2, -0.15) is 10.2 Å². The lowest BCUT2D eigenvalue weighted by Gasteiger charge is -2.31. The number of carbonyl (C=O) groups is 10. The number of nitrogens with zero attached hydrogens (tertiary/aromatic N) is 2. The number of hydrazone groups is 2. The Labute approximate surface area is 654 Å². The fourth-order valence-corrected chi connectivity index (χ4v) is 14.4. The molecule has 0 bridgehead atoms. The van der Waals surface area contributed by atoms with Gasteiger partial charge in [-0.15, -0.1) is 0 Å². The third kappa shape index (κ3) is 30.4. The molecule has 7 rings (SSSR count).